The molecule has 18 heavy (non-hydrogen) atoms. The number of methoxy groups -OCH3 is 1. The van der Waals surface area contributed by atoms with Crippen molar-refractivity contribution in [3.63, 3.8) is 0 Å². The fourth-order valence-corrected chi connectivity index (χ4v) is 1.93. The van der Waals surface area contributed by atoms with Crippen LogP contribution in [0.2, 0.25) is 0 Å². The Morgan fingerprint density at radius 3 is 2.72 bits per heavy atom. The molecule has 0 saturated heterocycles. The van der Waals surface area contributed by atoms with E-state index in [1.807, 2.05) is 0 Å². The van der Waals surface area contributed by atoms with E-state index in [0.29, 0.717) is 6.42 Å². The minimum absolute atomic E-state index is 0.133. The van der Waals surface area contributed by atoms with Gasteiger partial charge < -0.3 is 10.1 Å². The minimum Gasteiger partial charge on any atom is -0.469 e. The number of aryl methyl sites for hydroxylation is 2. The van der Waals surface area contributed by atoms with Gasteiger partial charge in [0.15, 0.2) is 0 Å². The number of benzene rings is 1. The third-order valence-electron chi connectivity index (χ3n) is 3.03. The second-order valence-electron chi connectivity index (χ2n) is 4.61. The fraction of sp³-hybridized carbons (Fsp3) is 0.533. The van der Waals surface area contributed by atoms with Crippen LogP contribution >= 0.6 is 0 Å². The molecule has 0 radical (unpaired) electrons. The molecule has 0 bridgehead atoms. The van der Waals surface area contributed by atoms with Gasteiger partial charge in [0.25, 0.3) is 0 Å². The maximum atomic E-state index is 10.9. The Balaban J connectivity index is 2.16. The molecular weight excluding hydrogens is 226 g/mol. The number of carbonyl (C=O) groups excluding carboxylic acids is 1. The first-order valence-electron chi connectivity index (χ1n) is 6.47. The summed E-state index contributed by atoms with van der Waals surface area (Å²) in [4.78, 5) is 10.9. The lowest BCUT2D eigenvalue weighted by Crippen LogP contribution is -2.19. The van der Waals surface area contributed by atoms with Gasteiger partial charge in [-0.15, -0.1) is 0 Å². The Morgan fingerprint density at radius 2 is 2.06 bits per heavy atom. The van der Waals surface area contributed by atoms with Crippen molar-refractivity contribution < 1.29 is 9.53 Å². The molecule has 0 aromatic heterocycles. The van der Waals surface area contributed by atoms with Crippen LogP contribution in [0.1, 0.15) is 29.5 Å². The van der Waals surface area contributed by atoms with Crippen LogP contribution in [-0.2, 0) is 16.0 Å². The van der Waals surface area contributed by atoms with Crippen molar-refractivity contribution in [1.82, 2.24) is 5.32 Å². The lowest BCUT2D eigenvalue weighted by molar-refractivity contribution is -0.140. The van der Waals surface area contributed by atoms with E-state index in [-0.39, 0.29) is 5.97 Å². The van der Waals surface area contributed by atoms with Crippen molar-refractivity contribution in [3.05, 3.63) is 34.9 Å². The molecule has 0 saturated carbocycles. The van der Waals surface area contributed by atoms with E-state index in [2.05, 4.69) is 42.1 Å². The molecule has 3 nitrogen and oxygen atoms in total. The molecule has 1 N–H and O–H groups in total. The van der Waals surface area contributed by atoms with Crippen LogP contribution < -0.4 is 5.32 Å². The maximum absolute atomic E-state index is 10.9. The SMILES string of the molecule is COC(=O)CCCNCCc1ccc(C)cc1C. The molecule has 0 spiro atoms. The van der Waals surface area contributed by atoms with Crippen LogP contribution in [0, 0.1) is 13.8 Å². The average molecular weight is 249 g/mol. The normalized spacial score (nSPS) is 10.4. The van der Waals surface area contributed by atoms with Gasteiger partial charge in [-0.25, -0.2) is 0 Å². The molecule has 0 amide bonds. The molecule has 0 aliphatic heterocycles. The van der Waals surface area contributed by atoms with E-state index in [4.69, 9.17) is 0 Å². The van der Waals surface area contributed by atoms with Crippen LogP contribution in [0.5, 0.6) is 0 Å². The number of esters is 1. The second-order valence-corrected chi connectivity index (χ2v) is 4.61. The smallest absolute Gasteiger partial charge is 0.305 e. The molecule has 1 aromatic carbocycles. The van der Waals surface area contributed by atoms with E-state index in [0.717, 1.165) is 25.9 Å². The van der Waals surface area contributed by atoms with Crippen molar-refractivity contribution >= 4 is 5.97 Å². The largest absolute Gasteiger partial charge is 0.469 e. The lowest BCUT2D eigenvalue weighted by atomic mass is 10.0. The van der Waals surface area contributed by atoms with Gasteiger partial charge in [-0.05, 0) is 50.9 Å². The molecular formula is C15H23NO2. The number of hydrogen-bond donors (Lipinski definition) is 1. The van der Waals surface area contributed by atoms with Crippen molar-refractivity contribution in [2.45, 2.75) is 33.1 Å². The molecule has 0 fully saturated rings. The lowest BCUT2D eigenvalue weighted by Gasteiger charge is -2.08. The quantitative estimate of drug-likeness (QED) is 0.595. The highest BCUT2D eigenvalue weighted by Gasteiger charge is 2.00. The molecule has 1 aromatic rings. The first-order valence-corrected chi connectivity index (χ1v) is 6.47. The molecule has 0 unspecified atom stereocenters. The molecule has 0 aliphatic carbocycles. The summed E-state index contributed by atoms with van der Waals surface area (Å²) in [7, 11) is 1.43. The third kappa shape index (κ3) is 5.32. The number of rotatable bonds is 7. The predicted octanol–water partition coefficient (Wildman–Crippen LogP) is 2.39. The van der Waals surface area contributed by atoms with Gasteiger partial charge in [0.2, 0.25) is 0 Å². The Hall–Kier alpha value is -1.35. The number of ether oxygens (including phenoxy) is 1. The van der Waals surface area contributed by atoms with Crippen LogP contribution in [0.25, 0.3) is 0 Å². The zero-order valence-electron chi connectivity index (χ0n) is 11.6. The van der Waals surface area contributed by atoms with Gasteiger partial charge >= 0.3 is 5.97 Å². The fourth-order valence-electron chi connectivity index (χ4n) is 1.93. The number of hydrogen-bond acceptors (Lipinski definition) is 3. The van der Waals surface area contributed by atoms with E-state index in [1.54, 1.807) is 0 Å². The van der Waals surface area contributed by atoms with Crippen molar-refractivity contribution in [3.8, 4) is 0 Å². The molecule has 0 atom stereocenters. The highest BCUT2D eigenvalue weighted by Crippen LogP contribution is 2.10. The molecule has 0 heterocycles. The summed E-state index contributed by atoms with van der Waals surface area (Å²) in [5, 5.41) is 3.35. The van der Waals surface area contributed by atoms with Crippen LogP contribution in [0.15, 0.2) is 18.2 Å². The van der Waals surface area contributed by atoms with E-state index >= 15 is 0 Å². The van der Waals surface area contributed by atoms with Gasteiger partial charge in [-0.1, -0.05) is 23.8 Å². The Kier molecular flexibility index (Phi) is 6.44. The van der Waals surface area contributed by atoms with E-state index in [9.17, 15) is 4.79 Å². The van der Waals surface area contributed by atoms with Gasteiger partial charge in [-0.2, -0.15) is 0 Å². The number of carbonyl (C=O) groups is 1. The first kappa shape index (κ1) is 14.7. The van der Waals surface area contributed by atoms with Gasteiger partial charge in [0.05, 0.1) is 7.11 Å². The average Bonchev–Trinajstić information content (AvgIpc) is 2.35. The standard InChI is InChI=1S/C15H23NO2/c1-12-6-7-14(13(2)11-12)8-10-16-9-4-5-15(17)18-3/h6-7,11,16H,4-5,8-10H2,1-3H3. The predicted molar refractivity (Wildman–Crippen MR) is 73.7 cm³/mol. The van der Waals surface area contributed by atoms with E-state index in [1.165, 1.54) is 23.8 Å². The second kappa shape index (κ2) is 7.88. The van der Waals surface area contributed by atoms with Crippen molar-refractivity contribution in [2.75, 3.05) is 20.2 Å². The van der Waals surface area contributed by atoms with Crippen LogP contribution in [-0.4, -0.2) is 26.2 Å². The van der Waals surface area contributed by atoms with Crippen molar-refractivity contribution in [2.24, 2.45) is 0 Å². The Bertz CT molecular complexity index is 388. The highest BCUT2D eigenvalue weighted by molar-refractivity contribution is 5.69. The summed E-state index contributed by atoms with van der Waals surface area (Å²) in [5.74, 6) is -0.133. The molecule has 1 rings (SSSR count). The minimum atomic E-state index is -0.133. The van der Waals surface area contributed by atoms with Crippen LogP contribution in [0.4, 0.5) is 0 Å². The van der Waals surface area contributed by atoms with Gasteiger partial charge in [0.1, 0.15) is 0 Å². The Labute approximate surface area is 110 Å². The van der Waals surface area contributed by atoms with Gasteiger partial charge in [0, 0.05) is 6.42 Å². The number of nitrogens with one attached hydrogen (secondary N) is 1. The maximum Gasteiger partial charge on any atom is 0.305 e. The summed E-state index contributed by atoms with van der Waals surface area (Å²) in [5.41, 5.74) is 4.05. The summed E-state index contributed by atoms with van der Waals surface area (Å²) in [6.07, 6.45) is 2.36. The summed E-state index contributed by atoms with van der Waals surface area (Å²) in [6, 6.07) is 6.56. The zero-order chi connectivity index (χ0) is 13.4. The summed E-state index contributed by atoms with van der Waals surface area (Å²) < 4.78 is 4.59. The van der Waals surface area contributed by atoms with Crippen molar-refractivity contribution in [1.29, 1.82) is 0 Å². The highest BCUT2D eigenvalue weighted by atomic mass is 16.5. The van der Waals surface area contributed by atoms with Crippen LogP contribution in [0.3, 0.4) is 0 Å². The summed E-state index contributed by atoms with van der Waals surface area (Å²) >= 11 is 0. The molecule has 3 heteroatoms. The summed E-state index contributed by atoms with van der Waals surface area (Å²) in [6.45, 7) is 6.08. The monoisotopic (exact) mass is 249 g/mol. The third-order valence-corrected chi connectivity index (χ3v) is 3.03. The first-order chi connectivity index (χ1) is 8.63. The zero-order valence-corrected chi connectivity index (χ0v) is 11.6. The Morgan fingerprint density at radius 1 is 1.28 bits per heavy atom. The van der Waals surface area contributed by atoms with Gasteiger partial charge in [-0.3, -0.25) is 4.79 Å². The molecule has 100 valence electrons. The topological polar surface area (TPSA) is 38.3 Å². The molecule has 0 aliphatic rings. The van der Waals surface area contributed by atoms with E-state index < -0.39 is 0 Å².